The number of aromatic nitrogens is 3. The molecule has 1 unspecified atom stereocenters. The second-order valence-electron chi connectivity index (χ2n) is 7.08. The van der Waals surface area contributed by atoms with Crippen LogP contribution in [0.15, 0.2) is 61.3 Å². The van der Waals surface area contributed by atoms with E-state index in [9.17, 15) is 0 Å². The fourth-order valence-corrected chi connectivity index (χ4v) is 3.56. The molecule has 1 aromatic carbocycles. The average Bonchev–Trinajstić information content (AvgIpc) is 3.16. The first-order valence-corrected chi connectivity index (χ1v) is 9.18. The van der Waals surface area contributed by atoms with Crippen LogP contribution in [0.25, 0.3) is 0 Å². The summed E-state index contributed by atoms with van der Waals surface area (Å²) in [6, 6.07) is 13.6. The van der Waals surface area contributed by atoms with Crippen molar-refractivity contribution in [1.29, 1.82) is 0 Å². The molecule has 0 radical (unpaired) electrons. The number of anilines is 2. The van der Waals surface area contributed by atoms with Gasteiger partial charge in [-0.2, -0.15) is 0 Å². The Morgan fingerprint density at radius 2 is 1.92 bits per heavy atom. The van der Waals surface area contributed by atoms with Crippen molar-refractivity contribution in [2.24, 2.45) is 0 Å². The van der Waals surface area contributed by atoms with Crippen LogP contribution in [0.3, 0.4) is 0 Å². The van der Waals surface area contributed by atoms with Crippen LogP contribution in [0.2, 0.25) is 0 Å². The van der Waals surface area contributed by atoms with E-state index >= 15 is 0 Å². The van der Waals surface area contributed by atoms with Gasteiger partial charge in [-0.05, 0) is 37.6 Å². The number of benzene rings is 1. The minimum Gasteiger partial charge on any atom is -0.368 e. The zero-order valence-corrected chi connectivity index (χ0v) is 15.4. The smallest absolute Gasteiger partial charge is 0.128 e. The van der Waals surface area contributed by atoms with E-state index in [1.165, 1.54) is 16.8 Å². The number of aryl methyl sites for hydroxylation is 1. The monoisotopic (exact) mass is 347 g/mol. The van der Waals surface area contributed by atoms with Gasteiger partial charge in [0.25, 0.3) is 0 Å². The normalized spacial score (nSPS) is 17.5. The van der Waals surface area contributed by atoms with Gasteiger partial charge in [0, 0.05) is 56.5 Å². The van der Waals surface area contributed by atoms with E-state index in [1.54, 1.807) is 6.20 Å². The Balaban J connectivity index is 1.41. The molecule has 0 aliphatic carbocycles. The topological polar surface area (TPSA) is 37.2 Å². The van der Waals surface area contributed by atoms with Gasteiger partial charge < -0.3 is 14.4 Å². The first kappa shape index (κ1) is 16.6. The SMILES string of the molecule is Cc1ccc(N2CCN(c3ccc(Cn4ccnc4)cn3)C(C)C2)cc1. The molecular formula is C21H25N5. The summed E-state index contributed by atoms with van der Waals surface area (Å²) < 4.78 is 2.06. The summed E-state index contributed by atoms with van der Waals surface area (Å²) >= 11 is 0. The third-order valence-electron chi connectivity index (χ3n) is 5.05. The van der Waals surface area contributed by atoms with Gasteiger partial charge >= 0.3 is 0 Å². The van der Waals surface area contributed by atoms with Crippen molar-refractivity contribution in [1.82, 2.24) is 14.5 Å². The molecule has 3 aromatic rings. The molecule has 2 aromatic heterocycles. The van der Waals surface area contributed by atoms with Gasteiger partial charge in [0.15, 0.2) is 0 Å². The number of nitrogens with zero attached hydrogens (tertiary/aromatic N) is 5. The lowest BCUT2D eigenvalue weighted by Gasteiger charge is -2.41. The highest BCUT2D eigenvalue weighted by Gasteiger charge is 2.24. The predicted molar refractivity (Wildman–Crippen MR) is 106 cm³/mol. The molecule has 4 rings (SSSR count). The van der Waals surface area contributed by atoms with E-state index in [4.69, 9.17) is 4.98 Å². The fraction of sp³-hybridized carbons (Fsp3) is 0.333. The summed E-state index contributed by atoms with van der Waals surface area (Å²) in [6.45, 7) is 8.24. The first-order chi connectivity index (χ1) is 12.7. The Bertz CT molecular complexity index is 824. The van der Waals surface area contributed by atoms with E-state index in [2.05, 4.69) is 69.6 Å². The van der Waals surface area contributed by atoms with Gasteiger partial charge in [0.1, 0.15) is 5.82 Å². The van der Waals surface area contributed by atoms with Gasteiger partial charge in [0.05, 0.1) is 6.33 Å². The Hall–Kier alpha value is -2.82. The van der Waals surface area contributed by atoms with Crippen LogP contribution in [-0.4, -0.2) is 40.2 Å². The van der Waals surface area contributed by atoms with E-state index in [0.717, 1.165) is 32.0 Å². The largest absolute Gasteiger partial charge is 0.368 e. The van der Waals surface area contributed by atoms with Crippen LogP contribution < -0.4 is 9.80 Å². The maximum atomic E-state index is 4.72. The molecule has 26 heavy (non-hydrogen) atoms. The molecule has 0 spiro atoms. The van der Waals surface area contributed by atoms with E-state index in [1.807, 2.05) is 18.7 Å². The third kappa shape index (κ3) is 3.57. The molecule has 5 nitrogen and oxygen atoms in total. The number of pyridine rings is 1. The molecule has 1 saturated heterocycles. The summed E-state index contributed by atoms with van der Waals surface area (Å²) in [5.74, 6) is 1.07. The molecule has 5 heteroatoms. The molecule has 3 heterocycles. The van der Waals surface area contributed by atoms with Gasteiger partial charge in [-0.15, -0.1) is 0 Å². The summed E-state index contributed by atoms with van der Waals surface area (Å²) in [5.41, 5.74) is 3.81. The van der Waals surface area contributed by atoms with E-state index < -0.39 is 0 Å². The molecule has 0 N–H and O–H groups in total. The van der Waals surface area contributed by atoms with Crippen LogP contribution in [0.5, 0.6) is 0 Å². The molecule has 0 saturated carbocycles. The number of rotatable bonds is 4. The lowest BCUT2D eigenvalue weighted by atomic mass is 10.1. The predicted octanol–water partition coefficient (Wildman–Crippen LogP) is 3.35. The van der Waals surface area contributed by atoms with Crippen molar-refractivity contribution in [2.45, 2.75) is 26.4 Å². The van der Waals surface area contributed by atoms with Crippen molar-refractivity contribution in [3.63, 3.8) is 0 Å². The lowest BCUT2D eigenvalue weighted by Crippen LogP contribution is -2.52. The zero-order chi connectivity index (χ0) is 17.9. The van der Waals surface area contributed by atoms with Crippen molar-refractivity contribution in [3.05, 3.63) is 72.4 Å². The number of imidazole rings is 1. The van der Waals surface area contributed by atoms with Crippen LogP contribution in [-0.2, 0) is 6.54 Å². The third-order valence-corrected chi connectivity index (χ3v) is 5.05. The maximum Gasteiger partial charge on any atom is 0.128 e. The quantitative estimate of drug-likeness (QED) is 0.725. The Morgan fingerprint density at radius 1 is 1.08 bits per heavy atom. The van der Waals surface area contributed by atoms with E-state index in [0.29, 0.717) is 6.04 Å². The summed E-state index contributed by atoms with van der Waals surface area (Å²) in [4.78, 5) is 13.7. The van der Waals surface area contributed by atoms with Crippen LogP contribution in [0.4, 0.5) is 11.5 Å². The lowest BCUT2D eigenvalue weighted by molar-refractivity contribution is 0.546. The second kappa shape index (κ2) is 7.20. The highest BCUT2D eigenvalue weighted by atomic mass is 15.3. The summed E-state index contributed by atoms with van der Waals surface area (Å²) in [5, 5.41) is 0. The second-order valence-corrected chi connectivity index (χ2v) is 7.08. The number of hydrogen-bond donors (Lipinski definition) is 0. The van der Waals surface area contributed by atoms with Crippen molar-refractivity contribution in [2.75, 3.05) is 29.4 Å². The minimum atomic E-state index is 0.428. The Kier molecular flexibility index (Phi) is 4.61. The molecule has 0 amide bonds. The molecule has 1 aliphatic rings. The van der Waals surface area contributed by atoms with Crippen molar-refractivity contribution >= 4 is 11.5 Å². The molecule has 134 valence electrons. The van der Waals surface area contributed by atoms with Gasteiger partial charge in [-0.1, -0.05) is 23.8 Å². The highest BCUT2D eigenvalue weighted by molar-refractivity contribution is 5.51. The highest BCUT2D eigenvalue weighted by Crippen LogP contribution is 2.23. The zero-order valence-electron chi connectivity index (χ0n) is 15.4. The molecule has 1 atom stereocenters. The number of hydrogen-bond acceptors (Lipinski definition) is 4. The van der Waals surface area contributed by atoms with Crippen LogP contribution in [0, 0.1) is 6.92 Å². The standard InChI is InChI=1S/C21H25N5/c1-17-3-6-20(7-4-17)25-11-12-26(18(2)14-25)21-8-5-19(13-23-21)15-24-10-9-22-16-24/h3-10,13,16,18H,11-12,14-15H2,1-2H3. The summed E-state index contributed by atoms with van der Waals surface area (Å²) in [7, 11) is 0. The Morgan fingerprint density at radius 3 is 2.58 bits per heavy atom. The van der Waals surface area contributed by atoms with Gasteiger partial charge in [0.2, 0.25) is 0 Å². The van der Waals surface area contributed by atoms with Crippen molar-refractivity contribution < 1.29 is 0 Å². The molecule has 1 aliphatic heterocycles. The van der Waals surface area contributed by atoms with E-state index in [-0.39, 0.29) is 0 Å². The fourth-order valence-electron chi connectivity index (χ4n) is 3.56. The van der Waals surface area contributed by atoms with Gasteiger partial charge in [-0.3, -0.25) is 0 Å². The summed E-state index contributed by atoms with van der Waals surface area (Å²) in [6.07, 6.45) is 7.59. The Labute approximate surface area is 154 Å². The molecular weight excluding hydrogens is 322 g/mol. The number of piperazine rings is 1. The van der Waals surface area contributed by atoms with Crippen LogP contribution in [0.1, 0.15) is 18.1 Å². The molecule has 1 fully saturated rings. The van der Waals surface area contributed by atoms with Gasteiger partial charge in [-0.25, -0.2) is 9.97 Å². The van der Waals surface area contributed by atoms with Crippen LogP contribution >= 0.6 is 0 Å². The first-order valence-electron chi connectivity index (χ1n) is 9.18. The maximum absolute atomic E-state index is 4.72. The molecule has 0 bridgehead atoms. The average molecular weight is 347 g/mol. The van der Waals surface area contributed by atoms with Crippen molar-refractivity contribution in [3.8, 4) is 0 Å². The minimum absolute atomic E-state index is 0.428.